The van der Waals surface area contributed by atoms with E-state index < -0.39 is 0 Å². The standard InChI is InChI=1S/C14H17ClN4S/c1-8-5-6-11(7-12(8)15)16-14(20)17-13-9(2)18-19(4)10(13)3/h5-7H,1-4H3,(H2,16,17,20). The zero-order valence-electron chi connectivity index (χ0n) is 11.9. The van der Waals surface area contributed by atoms with Crippen molar-refractivity contribution in [1.29, 1.82) is 0 Å². The highest BCUT2D eigenvalue weighted by Gasteiger charge is 2.10. The Bertz CT molecular complexity index is 663. The smallest absolute Gasteiger partial charge is 0.175 e. The molecule has 0 saturated carbocycles. The number of halogens is 1. The monoisotopic (exact) mass is 308 g/mol. The zero-order chi connectivity index (χ0) is 14.9. The largest absolute Gasteiger partial charge is 0.332 e. The van der Waals surface area contributed by atoms with E-state index in [0.29, 0.717) is 10.1 Å². The van der Waals surface area contributed by atoms with E-state index in [1.807, 2.05) is 50.7 Å². The van der Waals surface area contributed by atoms with Crippen molar-refractivity contribution in [3.05, 3.63) is 40.2 Å². The van der Waals surface area contributed by atoms with Gasteiger partial charge in [0.2, 0.25) is 0 Å². The van der Waals surface area contributed by atoms with Crippen LogP contribution in [0.2, 0.25) is 5.02 Å². The van der Waals surface area contributed by atoms with Gasteiger partial charge in [-0.1, -0.05) is 17.7 Å². The molecular weight excluding hydrogens is 292 g/mol. The van der Waals surface area contributed by atoms with Gasteiger partial charge in [-0.3, -0.25) is 4.68 Å². The molecule has 1 aromatic carbocycles. The van der Waals surface area contributed by atoms with Crippen molar-refractivity contribution in [3.63, 3.8) is 0 Å². The molecule has 6 heteroatoms. The molecule has 0 unspecified atom stereocenters. The third-order valence-electron chi connectivity index (χ3n) is 3.18. The van der Waals surface area contributed by atoms with Gasteiger partial charge < -0.3 is 10.6 Å². The summed E-state index contributed by atoms with van der Waals surface area (Å²) in [5, 5.41) is 11.9. The second-order valence-corrected chi connectivity index (χ2v) is 5.53. The summed E-state index contributed by atoms with van der Waals surface area (Å²) in [6.45, 7) is 5.90. The summed E-state index contributed by atoms with van der Waals surface area (Å²) in [5.41, 5.74) is 4.78. The molecule has 0 atom stereocenters. The Morgan fingerprint density at radius 3 is 2.50 bits per heavy atom. The number of rotatable bonds is 2. The summed E-state index contributed by atoms with van der Waals surface area (Å²) in [6.07, 6.45) is 0. The molecule has 1 aromatic heterocycles. The average molecular weight is 309 g/mol. The van der Waals surface area contributed by atoms with Crippen LogP contribution in [0.5, 0.6) is 0 Å². The lowest BCUT2D eigenvalue weighted by Crippen LogP contribution is -2.19. The summed E-state index contributed by atoms with van der Waals surface area (Å²) in [4.78, 5) is 0. The van der Waals surface area contributed by atoms with Crippen LogP contribution >= 0.6 is 23.8 Å². The fraction of sp³-hybridized carbons (Fsp3) is 0.286. The minimum Gasteiger partial charge on any atom is -0.332 e. The van der Waals surface area contributed by atoms with E-state index in [4.69, 9.17) is 23.8 Å². The Hall–Kier alpha value is -1.59. The van der Waals surface area contributed by atoms with Crippen LogP contribution < -0.4 is 10.6 Å². The van der Waals surface area contributed by atoms with Crippen molar-refractivity contribution in [2.45, 2.75) is 20.8 Å². The Kier molecular flexibility index (Phi) is 4.30. The molecule has 0 amide bonds. The lowest BCUT2D eigenvalue weighted by atomic mass is 10.2. The molecule has 0 saturated heterocycles. The molecule has 4 nitrogen and oxygen atoms in total. The minimum atomic E-state index is 0.518. The first-order valence-corrected chi connectivity index (χ1v) is 7.01. The van der Waals surface area contributed by atoms with Crippen molar-refractivity contribution in [2.75, 3.05) is 10.6 Å². The molecular formula is C14H17ClN4S. The van der Waals surface area contributed by atoms with E-state index in [9.17, 15) is 0 Å². The lowest BCUT2D eigenvalue weighted by Gasteiger charge is -2.11. The number of nitrogens with zero attached hydrogens (tertiary/aromatic N) is 2. The van der Waals surface area contributed by atoms with Gasteiger partial charge in [-0.15, -0.1) is 0 Å². The fourth-order valence-electron chi connectivity index (χ4n) is 1.90. The summed E-state index contributed by atoms with van der Waals surface area (Å²) in [5.74, 6) is 0. The van der Waals surface area contributed by atoms with Gasteiger partial charge in [0.1, 0.15) is 0 Å². The van der Waals surface area contributed by atoms with Crippen LogP contribution in [0.4, 0.5) is 11.4 Å². The van der Waals surface area contributed by atoms with Gasteiger partial charge in [-0.25, -0.2) is 0 Å². The van der Waals surface area contributed by atoms with Crippen LogP contribution in [0, 0.1) is 20.8 Å². The topological polar surface area (TPSA) is 41.9 Å². The highest BCUT2D eigenvalue weighted by molar-refractivity contribution is 7.80. The number of anilines is 2. The van der Waals surface area contributed by atoms with E-state index >= 15 is 0 Å². The molecule has 0 aliphatic carbocycles. The van der Waals surface area contributed by atoms with E-state index in [-0.39, 0.29) is 0 Å². The molecule has 0 bridgehead atoms. The molecule has 2 N–H and O–H groups in total. The summed E-state index contributed by atoms with van der Waals surface area (Å²) < 4.78 is 1.82. The third-order valence-corrected chi connectivity index (χ3v) is 3.79. The van der Waals surface area contributed by atoms with Gasteiger partial charge in [0.15, 0.2) is 5.11 Å². The maximum absolute atomic E-state index is 6.09. The van der Waals surface area contributed by atoms with Gasteiger partial charge in [0.05, 0.1) is 17.1 Å². The Morgan fingerprint density at radius 1 is 1.25 bits per heavy atom. The first-order valence-electron chi connectivity index (χ1n) is 6.23. The molecule has 106 valence electrons. The van der Waals surface area contributed by atoms with Crippen molar-refractivity contribution in [3.8, 4) is 0 Å². The molecule has 1 heterocycles. The summed E-state index contributed by atoms with van der Waals surface area (Å²) in [7, 11) is 1.91. The molecule has 2 rings (SSSR count). The summed E-state index contributed by atoms with van der Waals surface area (Å²) in [6, 6.07) is 5.75. The van der Waals surface area contributed by atoms with Gasteiger partial charge >= 0.3 is 0 Å². The lowest BCUT2D eigenvalue weighted by molar-refractivity contribution is 0.731. The van der Waals surface area contributed by atoms with Gasteiger partial charge in [0.25, 0.3) is 0 Å². The van der Waals surface area contributed by atoms with E-state index in [0.717, 1.165) is 28.3 Å². The molecule has 2 aromatic rings. The molecule has 0 spiro atoms. The second-order valence-electron chi connectivity index (χ2n) is 4.71. The maximum atomic E-state index is 6.09. The van der Waals surface area contributed by atoms with Crippen molar-refractivity contribution in [1.82, 2.24) is 9.78 Å². The van der Waals surface area contributed by atoms with Crippen LogP contribution in [-0.4, -0.2) is 14.9 Å². The summed E-state index contributed by atoms with van der Waals surface area (Å²) >= 11 is 11.4. The van der Waals surface area contributed by atoms with Crippen LogP contribution in [-0.2, 0) is 7.05 Å². The average Bonchev–Trinajstić information content (AvgIpc) is 2.61. The maximum Gasteiger partial charge on any atom is 0.175 e. The zero-order valence-corrected chi connectivity index (χ0v) is 13.5. The molecule has 20 heavy (non-hydrogen) atoms. The quantitative estimate of drug-likeness (QED) is 0.828. The van der Waals surface area contributed by atoms with Crippen LogP contribution in [0.1, 0.15) is 17.0 Å². The highest BCUT2D eigenvalue weighted by Crippen LogP contribution is 2.21. The third kappa shape index (κ3) is 3.11. The van der Waals surface area contributed by atoms with Crippen molar-refractivity contribution < 1.29 is 0 Å². The first kappa shape index (κ1) is 14.8. The number of hydrogen-bond donors (Lipinski definition) is 2. The van der Waals surface area contributed by atoms with Crippen LogP contribution in [0.15, 0.2) is 18.2 Å². The molecule has 0 fully saturated rings. The first-order chi connectivity index (χ1) is 9.38. The van der Waals surface area contributed by atoms with Crippen LogP contribution in [0.25, 0.3) is 0 Å². The SMILES string of the molecule is Cc1ccc(NC(=S)Nc2c(C)nn(C)c2C)cc1Cl. The number of thiocarbonyl (C=S) groups is 1. The second kappa shape index (κ2) is 5.81. The number of hydrogen-bond acceptors (Lipinski definition) is 2. The Labute approximate surface area is 129 Å². The van der Waals surface area contributed by atoms with Gasteiger partial charge in [-0.05, 0) is 50.7 Å². The van der Waals surface area contributed by atoms with E-state index in [2.05, 4.69) is 15.7 Å². The minimum absolute atomic E-state index is 0.518. The molecule has 0 aliphatic rings. The van der Waals surface area contributed by atoms with Crippen LogP contribution in [0.3, 0.4) is 0 Å². The van der Waals surface area contributed by atoms with Crippen molar-refractivity contribution in [2.24, 2.45) is 7.05 Å². The molecule has 0 radical (unpaired) electrons. The predicted octanol–water partition coefficient (Wildman–Crippen LogP) is 3.81. The van der Waals surface area contributed by atoms with Crippen molar-refractivity contribution >= 4 is 40.3 Å². The Morgan fingerprint density at radius 2 is 1.95 bits per heavy atom. The van der Waals surface area contributed by atoms with Gasteiger partial charge in [0, 0.05) is 17.8 Å². The Balaban J connectivity index is 2.11. The number of aryl methyl sites for hydroxylation is 3. The number of benzene rings is 1. The highest BCUT2D eigenvalue weighted by atomic mass is 35.5. The van der Waals surface area contributed by atoms with E-state index in [1.165, 1.54) is 0 Å². The fourth-order valence-corrected chi connectivity index (χ4v) is 2.30. The predicted molar refractivity (Wildman–Crippen MR) is 88.7 cm³/mol. The van der Waals surface area contributed by atoms with Gasteiger partial charge in [-0.2, -0.15) is 5.10 Å². The number of aromatic nitrogens is 2. The number of nitrogens with one attached hydrogen (secondary N) is 2. The van der Waals surface area contributed by atoms with E-state index in [1.54, 1.807) is 0 Å². The normalized spacial score (nSPS) is 10.4. The molecule has 0 aliphatic heterocycles.